The highest BCUT2D eigenvalue weighted by molar-refractivity contribution is 14.0. The zero-order valence-electron chi connectivity index (χ0n) is 15.5. The van der Waals surface area contributed by atoms with E-state index < -0.39 is 10.0 Å². The van der Waals surface area contributed by atoms with Gasteiger partial charge in [0.25, 0.3) is 0 Å². The van der Waals surface area contributed by atoms with E-state index in [2.05, 4.69) is 27.3 Å². The van der Waals surface area contributed by atoms with E-state index in [9.17, 15) is 8.42 Å². The molecule has 0 spiro atoms. The number of aliphatic imine (C=N–C) groups is 1. The highest BCUT2D eigenvalue weighted by Gasteiger charge is 2.33. The largest absolute Gasteiger partial charge is 0.383 e. The molecule has 2 unspecified atom stereocenters. The minimum absolute atomic E-state index is 0. The van der Waals surface area contributed by atoms with Crippen molar-refractivity contribution in [1.29, 1.82) is 0 Å². The summed E-state index contributed by atoms with van der Waals surface area (Å²) >= 11 is 0. The number of ether oxygens (including phenoxy) is 1. The van der Waals surface area contributed by atoms with Gasteiger partial charge in [-0.25, -0.2) is 18.1 Å². The third kappa shape index (κ3) is 7.37. The van der Waals surface area contributed by atoms with Gasteiger partial charge < -0.3 is 15.4 Å². The van der Waals surface area contributed by atoms with Gasteiger partial charge in [-0.2, -0.15) is 0 Å². The predicted molar refractivity (Wildman–Crippen MR) is 114 cm³/mol. The smallest absolute Gasteiger partial charge is 0.240 e. The van der Waals surface area contributed by atoms with E-state index in [0.29, 0.717) is 25.1 Å². The molecule has 7 nitrogen and oxygen atoms in total. The molecular formula is C17H29IN4O3S. The molecule has 0 aromatic heterocycles. The van der Waals surface area contributed by atoms with Crippen LogP contribution in [0.5, 0.6) is 0 Å². The number of sulfonamides is 1. The standard InChI is InChI=1S/C17H28N4O3S.HI/c1-4-18-17(21-16-11-13(16)2)19-12-14-5-7-15(8-6-14)25(22,23)20-9-10-24-3;/h5-8,13,16,20H,4,9-12H2,1-3H3,(H2,18,19,21);1H. The van der Waals surface area contributed by atoms with Gasteiger partial charge in [0.2, 0.25) is 10.0 Å². The summed E-state index contributed by atoms with van der Waals surface area (Å²) in [6, 6.07) is 7.28. The van der Waals surface area contributed by atoms with Crippen LogP contribution in [0.25, 0.3) is 0 Å². The molecule has 1 saturated carbocycles. The number of halogens is 1. The Labute approximate surface area is 173 Å². The molecule has 0 aliphatic heterocycles. The molecule has 3 N–H and O–H groups in total. The summed E-state index contributed by atoms with van der Waals surface area (Å²) in [6.07, 6.45) is 1.17. The molecule has 1 aliphatic carbocycles. The Morgan fingerprint density at radius 1 is 1.31 bits per heavy atom. The molecule has 0 saturated heterocycles. The van der Waals surface area contributed by atoms with Crippen molar-refractivity contribution in [2.45, 2.75) is 37.8 Å². The normalized spacial score (nSPS) is 19.6. The van der Waals surface area contributed by atoms with E-state index in [4.69, 9.17) is 4.74 Å². The molecular weight excluding hydrogens is 467 g/mol. The van der Waals surface area contributed by atoms with Crippen LogP contribution in [-0.2, 0) is 21.3 Å². The number of nitrogens with zero attached hydrogens (tertiary/aromatic N) is 1. The van der Waals surface area contributed by atoms with Crippen LogP contribution < -0.4 is 15.4 Å². The maximum absolute atomic E-state index is 12.1. The number of nitrogens with one attached hydrogen (secondary N) is 3. The van der Waals surface area contributed by atoms with Crippen LogP contribution in [0.3, 0.4) is 0 Å². The molecule has 2 rings (SSSR count). The number of benzene rings is 1. The van der Waals surface area contributed by atoms with Crippen molar-refractivity contribution in [3.05, 3.63) is 29.8 Å². The lowest BCUT2D eigenvalue weighted by Crippen LogP contribution is -2.39. The van der Waals surface area contributed by atoms with Crippen molar-refractivity contribution in [2.75, 3.05) is 26.8 Å². The summed E-state index contributed by atoms with van der Waals surface area (Å²) in [5, 5.41) is 6.63. The average molecular weight is 496 g/mol. The van der Waals surface area contributed by atoms with E-state index in [1.54, 1.807) is 24.3 Å². The molecule has 0 amide bonds. The lowest BCUT2D eigenvalue weighted by molar-refractivity contribution is 0.204. The van der Waals surface area contributed by atoms with Gasteiger partial charge in [0.15, 0.2) is 5.96 Å². The highest BCUT2D eigenvalue weighted by atomic mass is 127. The Bertz CT molecular complexity index is 680. The lowest BCUT2D eigenvalue weighted by atomic mass is 10.2. The maximum atomic E-state index is 12.1. The number of hydrogen-bond donors (Lipinski definition) is 3. The van der Waals surface area contributed by atoms with Gasteiger partial charge in [0.1, 0.15) is 0 Å². The van der Waals surface area contributed by atoms with Crippen LogP contribution >= 0.6 is 24.0 Å². The van der Waals surface area contributed by atoms with Crippen LogP contribution in [0, 0.1) is 5.92 Å². The van der Waals surface area contributed by atoms with Crippen molar-refractivity contribution in [2.24, 2.45) is 10.9 Å². The van der Waals surface area contributed by atoms with E-state index in [1.165, 1.54) is 13.5 Å². The van der Waals surface area contributed by atoms with Crippen LogP contribution in [-0.4, -0.2) is 47.2 Å². The molecule has 2 atom stereocenters. The van der Waals surface area contributed by atoms with Gasteiger partial charge in [-0.1, -0.05) is 19.1 Å². The summed E-state index contributed by atoms with van der Waals surface area (Å²) in [7, 11) is -1.96. The van der Waals surface area contributed by atoms with E-state index in [0.717, 1.165) is 18.1 Å². The first-order valence-electron chi connectivity index (χ1n) is 8.58. The Morgan fingerprint density at radius 2 is 1.96 bits per heavy atom. The summed E-state index contributed by atoms with van der Waals surface area (Å²) in [5.41, 5.74) is 0.955. The number of rotatable bonds is 9. The van der Waals surface area contributed by atoms with Crippen LogP contribution in [0.15, 0.2) is 34.2 Å². The predicted octanol–water partition coefficient (Wildman–Crippen LogP) is 1.69. The Kier molecular flexibility index (Phi) is 9.83. The number of hydrogen-bond acceptors (Lipinski definition) is 4. The van der Waals surface area contributed by atoms with E-state index >= 15 is 0 Å². The van der Waals surface area contributed by atoms with Crippen molar-refractivity contribution >= 4 is 40.0 Å². The Morgan fingerprint density at radius 3 is 2.50 bits per heavy atom. The quantitative estimate of drug-likeness (QED) is 0.210. The van der Waals surface area contributed by atoms with Crippen LogP contribution in [0.2, 0.25) is 0 Å². The molecule has 148 valence electrons. The molecule has 1 fully saturated rings. The minimum Gasteiger partial charge on any atom is -0.383 e. The molecule has 1 aromatic rings. The molecule has 9 heteroatoms. The summed E-state index contributed by atoms with van der Waals surface area (Å²) in [5.74, 6) is 1.49. The first-order chi connectivity index (χ1) is 12.0. The van der Waals surface area contributed by atoms with E-state index in [1.807, 2.05) is 6.92 Å². The SMILES string of the molecule is CCNC(=NCc1ccc(S(=O)(=O)NCCOC)cc1)NC1CC1C.I. The fourth-order valence-electron chi connectivity index (χ4n) is 2.32. The van der Waals surface area contributed by atoms with Gasteiger partial charge >= 0.3 is 0 Å². The molecule has 0 heterocycles. The first kappa shape index (κ1) is 23.1. The number of methoxy groups -OCH3 is 1. The van der Waals surface area contributed by atoms with Crippen LogP contribution in [0.4, 0.5) is 0 Å². The molecule has 0 bridgehead atoms. The third-order valence-electron chi connectivity index (χ3n) is 4.03. The topological polar surface area (TPSA) is 91.8 Å². The fourth-order valence-corrected chi connectivity index (χ4v) is 3.34. The van der Waals surface area contributed by atoms with Gasteiger partial charge in [-0.15, -0.1) is 24.0 Å². The average Bonchev–Trinajstić information content (AvgIpc) is 3.28. The summed E-state index contributed by atoms with van der Waals surface area (Å²) < 4.78 is 31.6. The van der Waals surface area contributed by atoms with Crippen molar-refractivity contribution in [3.63, 3.8) is 0 Å². The zero-order chi connectivity index (χ0) is 18.3. The first-order valence-corrected chi connectivity index (χ1v) is 10.1. The molecule has 0 radical (unpaired) electrons. The highest BCUT2D eigenvalue weighted by Crippen LogP contribution is 2.28. The lowest BCUT2D eigenvalue weighted by Gasteiger charge is -2.11. The van der Waals surface area contributed by atoms with Crippen molar-refractivity contribution in [3.8, 4) is 0 Å². The second-order valence-electron chi connectivity index (χ2n) is 6.19. The Hall–Kier alpha value is -0.910. The van der Waals surface area contributed by atoms with Crippen LogP contribution in [0.1, 0.15) is 25.8 Å². The molecule has 26 heavy (non-hydrogen) atoms. The second kappa shape index (κ2) is 11.1. The Balaban J connectivity index is 0.00000338. The van der Waals surface area contributed by atoms with Crippen molar-refractivity contribution < 1.29 is 13.2 Å². The summed E-state index contributed by atoms with van der Waals surface area (Å²) in [4.78, 5) is 4.81. The van der Waals surface area contributed by atoms with Gasteiger partial charge in [-0.3, -0.25) is 0 Å². The monoisotopic (exact) mass is 496 g/mol. The second-order valence-corrected chi connectivity index (χ2v) is 7.96. The third-order valence-corrected chi connectivity index (χ3v) is 5.50. The molecule has 1 aromatic carbocycles. The fraction of sp³-hybridized carbons (Fsp3) is 0.588. The van der Waals surface area contributed by atoms with Crippen molar-refractivity contribution in [1.82, 2.24) is 15.4 Å². The summed E-state index contributed by atoms with van der Waals surface area (Å²) in [6.45, 7) is 6.13. The van der Waals surface area contributed by atoms with Gasteiger partial charge in [-0.05, 0) is 37.0 Å². The number of guanidine groups is 1. The van der Waals surface area contributed by atoms with Gasteiger partial charge in [0.05, 0.1) is 18.0 Å². The molecule has 1 aliphatic rings. The zero-order valence-corrected chi connectivity index (χ0v) is 18.6. The van der Waals surface area contributed by atoms with Gasteiger partial charge in [0, 0.05) is 26.2 Å². The maximum Gasteiger partial charge on any atom is 0.240 e. The minimum atomic E-state index is -3.49. The van der Waals surface area contributed by atoms with E-state index in [-0.39, 0.29) is 35.4 Å².